The van der Waals surface area contributed by atoms with Crippen molar-refractivity contribution in [3.8, 4) is 16.9 Å². The maximum atomic E-state index is 13.9. The number of nitrogens with two attached hydrogens (primary N) is 2. The fraction of sp³-hybridized carbons (Fsp3) is 0.161. The summed E-state index contributed by atoms with van der Waals surface area (Å²) in [5, 5.41) is 27.0. The molecule has 0 spiro atoms. The first-order chi connectivity index (χ1) is 19.6. The molecule has 0 bridgehead atoms. The molecule has 9 nitrogen and oxygen atoms in total. The molecule has 0 saturated carbocycles. The van der Waals surface area contributed by atoms with Crippen LogP contribution < -0.4 is 21.1 Å². The summed E-state index contributed by atoms with van der Waals surface area (Å²) in [6, 6.07) is 27.5. The Morgan fingerprint density at radius 3 is 2.34 bits per heavy atom. The number of phenols is 1. The van der Waals surface area contributed by atoms with E-state index in [1.54, 1.807) is 54.6 Å². The molecule has 1 fully saturated rings. The van der Waals surface area contributed by atoms with E-state index in [0.29, 0.717) is 34.6 Å². The van der Waals surface area contributed by atoms with Gasteiger partial charge in [0.25, 0.3) is 0 Å². The first-order valence-electron chi connectivity index (χ1n) is 13.2. The molecule has 0 radical (unpaired) electrons. The summed E-state index contributed by atoms with van der Waals surface area (Å²) in [5.74, 6) is -0.825. The van der Waals surface area contributed by atoms with Crippen LogP contribution in [0.2, 0.25) is 0 Å². The van der Waals surface area contributed by atoms with Crippen LogP contribution in [0.3, 0.4) is 0 Å². The number of benzene rings is 4. The number of carbonyl (C=O) groups excluding carboxylic acids is 1. The molecule has 0 aliphatic carbocycles. The van der Waals surface area contributed by atoms with Crippen LogP contribution in [0.15, 0.2) is 102 Å². The number of carbonyl (C=O) groups is 1. The zero-order valence-corrected chi connectivity index (χ0v) is 23.0. The summed E-state index contributed by atoms with van der Waals surface area (Å²) in [6.45, 7) is 0.633. The fourth-order valence-electron chi connectivity index (χ4n) is 5.47. The van der Waals surface area contributed by atoms with Crippen molar-refractivity contribution in [1.29, 1.82) is 5.41 Å². The zero-order chi connectivity index (χ0) is 29.1. The van der Waals surface area contributed by atoms with Crippen molar-refractivity contribution in [2.75, 3.05) is 16.8 Å². The standard InChI is InChI=1S/C31H31N5O4S/c32-30(33)22-14-17-27(37)26(19-22)36-18-6-10-25(36)29(21-7-2-1-3-8-21)31(38)35-23-15-12-20(13-16-23)24-9-4-5-11-28(24)41(34,39)40/h1-5,7-9,11-17,19,25,29,37H,6,10,18H2,(H3,32,33)(H,35,38)(H2,34,39,40). The third-order valence-corrected chi connectivity index (χ3v) is 8.35. The summed E-state index contributed by atoms with van der Waals surface area (Å²) >= 11 is 0. The second-order valence-electron chi connectivity index (χ2n) is 10.0. The van der Waals surface area contributed by atoms with Gasteiger partial charge in [0.2, 0.25) is 15.9 Å². The average molecular weight is 570 g/mol. The van der Waals surface area contributed by atoms with E-state index in [1.807, 2.05) is 35.2 Å². The molecule has 2 unspecified atom stereocenters. The van der Waals surface area contributed by atoms with E-state index in [1.165, 1.54) is 12.1 Å². The van der Waals surface area contributed by atoms with Gasteiger partial charge in [-0.1, -0.05) is 60.7 Å². The topological polar surface area (TPSA) is 163 Å². The van der Waals surface area contributed by atoms with E-state index in [-0.39, 0.29) is 28.4 Å². The number of amidine groups is 1. The predicted octanol–water partition coefficient (Wildman–Crippen LogP) is 4.38. The second-order valence-corrected chi connectivity index (χ2v) is 11.5. The van der Waals surface area contributed by atoms with E-state index >= 15 is 0 Å². The highest BCUT2D eigenvalue weighted by molar-refractivity contribution is 7.89. The first kappa shape index (κ1) is 27.9. The van der Waals surface area contributed by atoms with Crippen LogP contribution in [-0.4, -0.2) is 37.9 Å². The Bertz CT molecular complexity index is 1690. The number of primary sulfonamides is 1. The van der Waals surface area contributed by atoms with Crippen LogP contribution in [0.1, 0.15) is 29.9 Å². The number of phenolic OH excluding ortho intramolecular Hbond substituents is 1. The number of nitrogen functional groups attached to an aromatic ring is 1. The summed E-state index contributed by atoms with van der Waals surface area (Å²) in [7, 11) is -3.91. The number of aromatic hydroxyl groups is 1. The number of hydrogen-bond donors (Lipinski definition) is 5. The van der Waals surface area contributed by atoms with Crippen molar-refractivity contribution in [1.82, 2.24) is 0 Å². The lowest BCUT2D eigenvalue weighted by Crippen LogP contribution is -2.40. The van der Waals surface area contributed by atoms with Crippen LogP contribution >= 0.6 is 0 Å². The molecule has 4 aromatic rings. The number of rotatable bonds is 8. The Labute approximate surface area is 239 Å². The normalized spacial score (nSPS) is 15.8. The average Bonchev–Trinajstić information content (AvgIpc) is 3.43. The Morgan fingerprint density at radius 2 is 1.66 bits per heavy atom. The molecule has 1 aliphatic rings. The summed E-state index contributed by atoms with van der Waals surface area (Å²) < 4.78 is 24.1. The van der Waals surface area contributed by atoms with Gasteiger partial charge in [0.1, 0.15) is 11.6 Å². The van der Waals surface area contributed by atoms with Gasteiger partial charge < -0.3 is 21.1 Å². The summed E-state index contributed by atoms with van der Waals surface area (Å²) in [4.78, 5) is 16.0. The number of nitrogens with zero attached hydrogens (tertiary/aromatic N) is 1. The molecule has 1 saturated heterocycles. The van der Waals surface area contributed by atoms with Gasteiger partial charge in [-0.05, 0) is 60.4 Å². The molecule has 2 atom stereocenters. The quantitative estimate of drug-likeness (QED) is 0.156. The maximum absolute atomic E-state index is 13.9. The number of amides is 1. The molecule has 1 heterocycles. The fourth-order valence-corrected chi connectivity index (χ4v) is 6.23. The van der Waals surface area contributed by atoms with Crippen molar-refractivity contribution in [2.24, 2.45) is 10.9 Å². The third kappa shape index (κ3) is 5.93. The van der Waals surface area contributed by atoms with Crippen molar-refractivity contribution in [3.63, 3.8) is 0 Å². The Balaban J connectivity index is 1.45. The highest BCUT2D eigenvalue weighted by Gasteiger charge is 2.38. The molecule has 1 amide bonds. The zero-order valence-electron chi connectivity index (χ0n) is 22.2. The molecule has 7 N–H and O–H groups in total. The van der Waals surface area contributed by atoms with Crippen molar-refractivity contribution >= 4 is 33.1 Å². The monoisotopic (exact) mass is 569 g/mol. The Hall–Kier alpha value is -4.67. The largest absolute Gasteiger partial charge is 0.506 e. The van der Waals surface area contributed by atoms with Gasteiger partial charge in [-0.3, -0.25) is 10.2 Å². The molecule has 1 aliphatic heterocycles. The second kappa shape index (κ2) is 11.4. The van der Waals surface area contributed by atoms with Gasteiger partial charge in [-0.2, -0.15) is 0 Å². The van der Waals surface area contributed by atoms with Gasteiger partial charge in [0.05, 0.1) is 16.5 Å². The van der Waals surface area contributed by atoms with E-state index in [2.05, 4.69) is 5.32 Å². The Kier molecular flexibility index (Phi) is 7.78. The van der Waals surface area contributed by atoms with Crippen molar-refractivity contribution < 1.29 is 18.3 Å². The third-order valence-electron chi connectivity index (χ3n) is 7.38. The molecule has 210 valence electrons. The molecular weight excluding hydrogens is 538 g/mol. The highest BCUT2D eigenvalue weighted by Crippen LogP contribution is 2.40. The molecule has 5 rings (SSSR count). The van der Waals surface area contributed by atoms with Gasteiger partial charge >= 0.3 is 0 Å². The lowest BCUT2D eigenvalue weighted by Gasteiger charge is -2.33. The maximum Gasteiger partial charge on any atom is 0.238 e. The number of hydrogen-bond acceptors (Lipinski definition) is 6. The molecule has 4 aromatic carbocycles. The van der Waals surface area contributed by atoms with Gasteiger partial charge in [0.15, 0.2) is 0 Å². The SMILES string of the molecule is N=C(N)c1ccc(O)c(N2CCCC2C(C(=O)Nc2ccc(-c3ccccc3S(N)(=O)=O)cc2)c2ccccc2)c1. The number of nitrogens with one attached hydrogen (secondary N) is 2. The van der Waals surface area contributed by atoms with Crippen LogP contribution in [0.5, 0.6) is 5.75 Å². The van der Waals surface area contributed by atoms with Crippen LogP contribution in [-0.2, 0) is 14.8 Å². The van der Waals surface area contributed by atoms with Crippen LogP contribution in [0.4, 0.5) is 11.4 Å². The lowest BCUT2D eigenvalue weighted by atomic mass is 9.88. The van der Waals surface area contributed by atoms with E-state index < -0.39 is 15.9 Å². The minimum Gasteiger partial charge on any atom is -0.506 e. The summed E-state index contributed by atoms with van der Waals surface area (Å²) in [6.07, 6.45) is 1.54. The van der Waals surface area contributed by atoms with E-state index in [4.69, 9.17) is 16.3 Å². The highest BCUT2D eigenvalue weighted by atomic mass is 32.2. The molecule has 41 heavy (non-hydrogen) atoms. The van der Waals surface area contributed by atoms with E-state index in [0.717, 1.165) is 18.4 Å². The van der Waals surface area contributed by atoms with Crippen LogP contribution in [0.25, 0.3) is 11.1 Å². The Morgan fingerprint density at radius 1 is 0.976 bits per heavy atom. The first-order valence-corrected chi connectivity index (χ1v) is 14.7. The van der Waals surface area contributed by atoms with Crippen molar-refractivity contribution in [3.05, 3.63) is 108 Å². The smallest absolute Gasteiger partial charge is 0.238 e. The molecule has 10 heteroatoms. The van der Waals surface area contributed by atoms with Gasteiger partial charge in [-0.15, -0.1) is 0 Å². The lowest BCUT2D eigenvalue weighted by molar-refractivity contribution is -0.118. The predicted molar refractivity (Wildman–Crippen MR) is 161 cm³/mol. The van der Waals surface area contributed by atoms with E-state index in [9.17, 15) is 18.3 Å². The number of anilines is 2. The van der Waals surface area contributed by atoms with Gasteiger partial charge in [-0.25, -0.2) is 13.6 Å². The van der Waals surface area contributed by atoms with Crippen LogP contribution in [0, 0.1) is 5.41 Å². The summed E-state index contributed by atoms with van der Waals surface area (Å²) in [5.41, 5.74) is 9.25. The minimum absolute atomic E-state index is 0.0272. The molecule has 0 aromatic heterocycles. The van der Waals surface area contributed by atoms with Gasteiger partial charge in [0, 0.05) is 29.4 Å². The van der Waals surface area contributed by atoms with Crippen molar-refractivity contribution in [2.45, 2.75) is 29.7 Å². The minimum atomic E-state index is -3.91. The molecular formula is C31H31N5O4S. The number of sulfonamides is 1.